The molecule has 0 aliphatic carbocycles. The quantitative estimate of drug-likeness (QED) is 0.877. The summed E-state index contributed by atoms with van der Waals surface area (Å²) in [6.07, 6.45) is 1.62. The molecule has 0 saturated heterocycles. The predicted octanol–water partition coefficient (Wildman–Crippen LogP) is 2.55. The van der Waals surface area contributed by atoms with Gasteiger partial charge in [0.25, 0.3) is 0 Å². The summed E-state index contributed by atoms with van der Waals surface area (Å²) in [5, 5.41) is 3.84. The van der Waals surface area contributed by atoms with Crippen LogP contribution in [0.4, 0.5) is 0 Å². The zero-order valence-corrected chi connectivity index (χ0v) is 12.2. The molecule has 0 aromatic carbocycles. The molecular weight excluding hydrogens is 254 g/mol. The molecule has 2 aromatic heterocycles. The highest BCUT2D eigenvalue weighted by atomic mass is 16.5. The van der Waals surface area contributed by atoms with Crippen molar-refractivity contribution in [2.75, 3.05) is 0 Å². The number of rotatable bonds is 6. The number of nitrogens with zero attached hydrogens (tertiary/aromatic N) is 2. The van der Waals surface area contributed by atoms with E-state index in [1.54, 1.807) is 0 Å². The SMILES string of the molecule is CCC(N)Cc1nc(C)ccc1OCc1cc(C)no1. The van der Waals surface area contributed by atoms with Crippen LogP contribution in [0.3, 0.4) is 0 Å². The molecule has 1 atom stereocenters. The van der Waals surface area contributed by atoms with E-state index in [1.807, 2.05) is 32.0 Å². The fraction of sp³-hybridized carbons (Fsp3) is 0.467. The normalized spacial score (nSPS) is 12.4. The van der Waals surface area contributed by atoms with Gasteiger partial charge in [0, 0.05) is 24.2 Å². The minimum absolute atomic E-state index is 0.0965. The summed E-state index contributed by atoms with van der Waals surface area (Å²) in [6, 6.07) is 5.82. The van der Waals surface area contributed by atoms with Crippen molar-refractivity contribution >= 4 is 0 Å². The highest BCUT2D eigenvalue weighted by molar-refractivity contribution is 5.30. The molecule has 0 bridgehead atoms. The Bertz CT molecular complexity index is 566. The van der Waals surface area contributed by atoms with Crippen molar-refractivity contribution < 1.29 is 9.26 Å². The minimum atomic E-state index is 0.0965. The van der Waals surface area contributed by atoms with Crippen molar-refractivity contribution in [2.45, 2.75) is 46.3 Å². The summed E-state index contributed by atoms with van der Waals surface area (Å²) < 4.78 is 10.9. The number of pyridine rings is 1. The minimum Gasteiger partial charge on any atom is -0.484 e. The topological polar surface area (TPSA) is 74.2 Å². The Hall–Kier alpha value is -1.88. The summed E-state index contributed by atoms with van der Waals surface area (Å²) in [5.74, 6) is 1.46. The van der Waals surface area contributed by atoms with E-state index in [2.05, 4.69) is 17.1 Å². The van der Waals surface area contributed by atoms with E-state index in [-0.39, 0.29) is 6.04 Å². The first-order valence-corrected chi connectivity index (χ1v) is 6.85. The summed E-state index contributed by atoms with van der Waals surface area (Å²) in [6.45, 7) is 6.26. The van der Waals surface area contributed by atoms with Crippen molar-refractivity contribution in [3.8, 4) is 5.75 Å². The van der Waals surface area contributed by atoms with E-state index in [0.29, 0.717) is 18.8 Å². The maximum atomic E-state index is 6.01. The number of hydrogen-bond acceptors (Lipinski definition) is 5. The Morgan fingerprint density at radius 3 is 2.75 bits per heavy atom. The third-order valence-electron chi connectivity index (χ3n) is 3.10. The van der Waals surface area contributed by atoms with Crippen molar-refractivity contribution in [3.63, 3.8) is 0 Å². The van der Waals surface area contributed by atoms with Crippen LogP contribution in [0.25, 0.3) is 0 Å². The van der Waals surface area contributed by atoms with Crippen LogP contribution in [-0.4, -0.2) is 16.2 Å². The summed E-state index contributed by atoms with van der Waals surface area (Å²) in [7, 11) is 0. The Morgan fingerprint density at radius 2 is 2.10 bits per heavy atom. The zero-order valence-electron chi connectivity index (χ0n) is 12.2. The van der Waals surface area contributed by atoms with Gasteiger partial charge in [-0.25, -0.2) is 0 Å². The average Bonchev–Trinajstić information content (AvgIpc) is 2.83. The second kappa shape index (κ2) is 6.52. The third-order valence-corrected chi connectivity index (χ3v) is 3.10. The van der Waals surface area contributed by atoms with E-state index in [4.69, 9.17) is 15.0 Å². The second-order valence-electron chi connectivity index (χ2n) is 4.99. The maximum absolute atomic E-state index is 6.01. The molecule has 20 heavy (non-hydrogen) atoms. The van der Waals surface area contributed by atoms with Gasteiger partial charge in [0.2, 0.25) is 0 Å². The van der Waals surface area contributed by atoms with Gasteiger partial charge in [-0.3, -0.25) is 4.98 Å². The van der Waals surface area contributed by atoms with Crippen molar-refractivity contribution in [3.05, 3.63) is 41.0 Å². The lowest BCUT2D eigenvalue weighted by Gasteiger charge is -2.13. The molecule has 2 aromatic rings. The Balaban J connectivity index is 2.09. The molecule has 1 unspecified atom stereocenters. The number of hydrogen-bond donors (Lipinski definition) is 1. The van der Waals surface area contributed by atoms with E-state index in [9.17, 15) is 0 Å². The molecule has 2 rings (SSSR count). The molecule has 108 valence electrons. The number of ether oxygens (including phenoxy) is 1. The van der Waals surface area contributed by atoms with Gasteiger partial charge in [-0.2, -0.15) is 0 Å². The van der Waals surface area contributed by atoms with Gasteiger partial charge in [-0.15, -0.1) is 0 Å². The summed E-state index contributed by atoms with van der Waals surface area (Å²) in [5.41, 5.74) is 8.72. The molecule has 5 heteroatoms. The fourth-order valence-corrected chi connectivity index (χ4v) is 1.90. The molecule has 2 heterocycles. The standard InChI is InChI=1S/C15H21N3O2/c1-4-12(16)8-14-15(6-5-10(2)17-14)19-9-13-7-11(3)18-20-13/h5-7,12H,4,8-9,16H2,1-3H3. The molecule has 0 spiro atoms. The Labute approximate surface area is 119 Å². The largest absolute Gasteiger partial charge is 0.484 e. The van der Waals surface area contributed by atoms with Crippen molar-refractivity contribution in [1.29, 1.82) is 0 Å². The van der Waals surface area contributed by atoms with E-state index < -0.39 is 0 Å². The fourth-order valence-electron chi connectivity index (χ4n) is 1.90. The van der Waals surface area contributed by atoms with Crippen LogP contribution in [0.15, 0.2) is 22.7 Å². The Kier molecular flexibility index (Phi) is 4.74. The van der Waals surface area contributed by atoms with Gasteiger partial charge < -0.3 is 15.0 Å². The van der Waals surface area contributed by atoms with Crippen LogP contribution in [0.5, 0.6) is 5.75 Å². The van der Waals surface area contributed by atoms with E-state index >= 15 is 0 Å². The van der Waals surface area contributed by atoms with Crippen LogP contribution >= 0.6 is 0 Å². The van der Waals surface area contributed by atoms with Gasteiger partial charge in [0.05, 0.1) is 11.4 Å². The molecule has 0 aliphatic heterocycles. The Morgan fingerprint density at radius 1 is 1.30 bits per heavy atom. The molecule has 0 amide bonds. The van der Waals surface area contributed by atoms with Gasteiger partial charge in [0.1, 0.15) is 12.4 Å². The van der Waals surface area contributed by atoms with Gasteiger partial charge in [-0.1, -0.05) is 12.1 Å². The highest BCUT2D eigenvalue weighted by Crippen LogP contribution is 2.20. The van der Waals surface area contributed by atoms with E-state index in [0.717, 1.165) is 29.3 Å². The van der Waals surface area contributed by atoms with Gasteiger partial charge >= 0.3 is 0 Å². The first kappa shape index (κ1) is 14.5. The molecule has 0 fully saturated rings. The van der Waals surface area contributed by atoms with Crippen LogP contribution < -0.4 is 10.5 Å². The van der Waals surface area contributed by atoms with Crippen LogP contribution in [0.1, 0.15) is 36.2 Å². The highest BCUT2D eigenvalue weighted by Gasteiger charge is 2.11. The molecule has 0 radical (unpaired) electrons. The van der Waals surface area contributed by atoms with Crippen LogP contribution in [0.2, 0.25) is 0 Å². The number of aromatic nitrogens is 2. The lowest BCUT2D eigenvalue weighted by molar-refractivity contribution is 0.245. The second-order valence-corrected chi connectivity index (χ2v) is 4.99. The molecule has 2 N–H and O–H groups in total. The summed E-state index contributed by atoms with van der Waals surface area (Å²) >= 11 is 0. The lowest BCUT2D eigenvalue weighted by atomic mass is 10.1. The zero-order chi connectivity index (χ0) is 14.5. The van der Waals surface area contributed by atoms with Crippen molar-refractivity contribution in [2.24, 2.45) is 5.73 Å². The maximum Gasteiger partial charge on any atom is 0.174 e. The van der Waals surface area contributed by atoms with Crippen LogP contribution in [-0.2, 0) is 13.0 Å². The lowest BCUT2D eigenvalue weighted by Crippen LogP contribution is -2.22. The third kappa shape index (κ3) is 3.81. The average molecular weight is 275 g/mol. The predicted molar refractivity (Wildman–Crippen MR) is 76.5 cm³/mol. The molecular formula is C15H21N3O2. The molecule has 0 aliphatic rings. The van der Waals surface area contributed by atoms with Gasteiger partial charge in [0.15, 0.2) is 5.76 Å². The van der Waals surface area contributed by atoms with E-state index in [1.165, 1.54) is 0 Å². The summed E-state index contributed by atoms with van der Waals surface area (Å²) in [4.78, 5) is 4.53. The number of nitrogens with two attached hydrogens (primary N) is 1. The van der Waals surface area contributed by atoms with Gasteiger partial charge in [-0.05, 0) is 32.4 Å². The number of aryl methyl sites for hydroxylation is 2. The smallest absolute Gasteiger partial charge is 0.174 e. The molecule has 0 saturated carbocycles. The van der Waals surface area contributed by atoms with Crippen LogP contribution in [0, 0.1) is 13.8 Å². The molecule has 5 nitrogen and oxygen atoms in total. The first-order valence-electron chi connectivity index (χ1n) is 6.85. The van der Waals surface area contributed by atoms with Crippen molar-refractivity contribution in [1.82, 2.24) is 10.1 Å². The first-order chi connectivity index (χ1) is 9.58. The monoisotopic (exact) mass is 275 g/mol.